The monoisotopic (exact) mass is 211 g/mol. The first-order valence-corrected chi connectivity index (χ1v) is 6.66. The van der Waals surface area contributed by atoms with Crippen LogP contribution < -0.4 is 5.32 Å². The highest BCUT2D eigenvalue weighted by Gasteiger charge is 2.38. The van der Waals surface area contributed by atoms with Gasteiger partial charge >= 0.3 is 0 Å². The molecule has 90 valence electrons. The first-order valence-electron chi connectivity index (χ1n) is 6.66. The van der Waals surface area contributed by atoms with E-state index in [1.165, 1.54) is 38.5 Å². The Morgan fingerprint density at radius 2 is 1.80 bits per heavy atom. The number of piperidine rings is 1. The van der Waals surface area contributed by atoms with Crippen molar-refractivity contribution in [2.75, 3.05) is 0 Å². The van der Waals surface area contributed by atoms with Crippen LogP contribution in [-0.4, -0.2) is 11.1 Å². The second kappa shape index (κ2) is 4.86. The van der Waals surface area contributed by atoms with Gasteiger partial charge in [0, 0.05) is 11.1 Å². The molecule has 1 fully saturated rings. The summed E-state index contributed by atoms with van der Waals surface area (Å²) >= 11 is 0. The molecule has 1 heterocycles. The van der Waals surface area contributed by atoms with Crippen LogP contribution in [0.25, 0.3) is 0 Å². The lowest BCUT2D eigenvalue weighted by Crippen LogP contribution is -2.58. The van der Waals surface area contributed by atoms with Crippen molar-refractivity contribution in [3.63, 3.8) is 0 Å². The summed E-state index contributed by atoms with van der Waals surface area (Å²) < 4.78 is 0. The molecule has 0 aromatic rings. The van der Waals surface area contributed by atoms with Gasteiger partial charge in [0.05, 0.1) is 0 Å². The van der Waals surface area contributed by atoms with Gasteiger partial charge in [0.25, 0.3) is 0 Å². The standard InChI is InChI=1S/C14H29N/c1-6-7-8-9-14(5)11-12(2)10-13(3,4)15-14/h12,15H,6-11H2,1-5H3. The maximum absolute atomic E-state index is 3.86. The minimum atomic E-state index is 0.332. The Labute approximate surface area is 96.0 Å². The largest absolute Gasteiger partial charge is 0.307 e. The summed E-state index contributed by atoms with van der Waals surface area (Å²) in [5.74, 6) is 0.868. The molecule has 1 aliphatic rings. The average molecular weight is 211 g/mol. The fourth-order valence-corrected chi connectivity index (χ4v) is 3.56. The van der Waals surface area contributed by atoms with Gasteiger partial charge in [-0.15, -0.1) is 0 Å². The van der Waals surface area contributed by atoms with Gasteiger partial charge in [0.2, 0.25) is 0 Å². The molecule has 1 rings (SSSR count). The maximum atomic E-state index is 3.86. The highest BCUT2D eigenvalue weighted by atomic mass is 15.1. The Bertz CT molecular complexity index is 198. The first kappa shape index (κ1) is 13.0. The van der Waals surface area contributed by atoms with E-state index in [2.05, 4.69) is 39.9 Å². The lowest BCUT2D eigenvalue weighted by Gasteiger charge is -2.47. The van der Waals surface area contributed by atoms with E-state index in [1.807, 2.05) is 0 Å². The Hall–Kier alpha value is -0.0400. The van der Waals surface area contributed by atoms with Crippen LogP contribution in [-0.2, 0) is 0 Å². The highest BCUT2D eigenvalue weighted by Crippen LogP contribution is 2.35. The van der Waals surface area contributed by atoms with Gasteiger partial charge in [-0.2, -0.15) is 0 Å². The molecule has 1 aliphatic heterocycles. The van der Waals surface area contributed by atoms with E-state index in [1.54, 1.807) is 0 Å². The molecule has 1 heteroatoms. The van der Waals surface area contributed by atoms with Crippen molar-refractivity contribution < 1.29 is 0 Å². The molecule has 0 radical (unpaired) electrons. The van der Waals surface area contributed by atoms with Crippen molar-refractivity contribution in [3.8, 4) is 0 Å². The topological polar surface area (TPSA) is 12.0 Å². The number of unbranched alkanes of at least 4 members (excludes halogenated alkanes) is 2. The van der Waals surface area contributed by atoms with Crippen molar-refractivity contribution in [2.45, 2.75) is 84.2 Å². The van der Waals surface area contributed by atoms with E-state index in [0.29, 0.717) is 11.1 Å². The summed E-state index contributed by atoms with van der Waals surface area (Å²) in [7, 11) is 0. The van der Waals surface area contributed by atoms with Crippen molar-refractivity contribution in [1.82, 2.24) is 5.32 Å². The van der Waals surface area contributed by atoms with Gasteiger partial charge in [-0.05, 0) is 46.0 Å². The normalized spacial score (nSPS) is 35.4. The van der Waals surface area contributed by atoms with E-state index in [-0.39, 0.29) is 0 Å². The number of nitrogens with one attached hydrogen (secondary N) is 1. The Morgan fingerprint density at radius 3 is 2.33 bits per heavy atom. The second-order valence-electron chi connectivity index (χ2n) is 6.54. The molecule has 0 bridgehead atoms. The molecule has 0 aliphatic carbocycles. The quantitative estimate of drug-likeness (QED) is 0.690. The number of rotatable bonds is 4. The molecule has 0 amide bonds. The SMILES string of the molecule is CCCCCC1(C)CC(C)CC(C)(C)N1. The fraction of sp³-hybridized carbons (Fsp3) is 1.00. The third-order valence-corrected chi connectivity index (χ3v) is 3.63. The van der Waals surface area contributed by atoms with E-state index in [0.717, 1.165) is 5.92 Å². The van der Waals surface area contributed by atoms with Gasteiger partial charge < -0.3 is 5.32 Å². The van der Waals surface area contributed by atoms with Gasteiger partial charge in [-0.1, -0.05) is 33.1 Å². The summed E-state index contributed by atoms with van der Waals surface area (Å²) in [6.45, 7) is 11.8. The zero-order chi connectivity index (χ0) is 11.5. The van der Waals surface area contributed by atoms with Crippen LogP contribution in [0.4, 0.5) is 0 Å². The third kappa shape index (κ3) is 4.14. The summed E-state index contributed by atoms with van der Waals surface area (Å²) in [6, 6.07) is 0. The summed E-state index contributed by atoms with van der Waals surface area (Å²) in [4.78, 5) is 0. The molecule has 0 aromatic carbocycles. The fourth-order valence-electron chi connectivity index (χ4n) is 3.56. The summed E-state index contributed by atoms with van der Waals surface area (Å²) in [5.41, 5.74) is 0.717. The number of hydrogen-bond acceptors (Lipinski definition) is 1. The van der Waals surface area contributed by atoms with Gasteiger partial charge in [0.1, 0.15) is 0 Å². The second-order valence-corrected chi connectivity index (χ2v) is 6.54. The van der Waals surface area contributed by atoms with Gasteiger partial charge in [-0.25, -0.2) is 0 Å². The Kier molecular flexibility index (Phi) is 4.22. The van der Waals surface area contributed by atoms with Crippen LogP contribution in [0.2, 0.25) is 0 Å². The predicted molar refractivity (Wildman–Crippen MR) is 68.2 cm³/mol. The molecule has 15 heavy (non-hydrogen) atoms. The number of hydrogen-bond donors (Lipinski definition) is 1. The minimum absolute atomic E-state index is 0.332. The average Bonchev–Trinajstić information content (AvgIpc) is 1.98. The Balaban J connectivity index is 2.51. The van der Waals surface area contributed by atoms with E-state index in [4.69, 9.17) is 0 Å². The van der Waals surface area contributed by atoms with Gasteiger partial charge in [-0.3, -0.25) is 0 Å². The van der Waals surface area contributed by atoms with E-state index < -0.39 is 0 Å². The zero-order valence-corrected chi connectivity index (χ0v) is 11.3. The highest BCUT2D eigenvalue weighted by molar-refractivity contribution is 4.98. The zero-order valence-electron chi connectivity index (χ0n) is 11.3. The lowest BCUT2D eigenvalue weighted by atomic mass is 9.74. The van der Waals surface area contributed by atoms with E-state index >= 15 is 0 Å². The van der Waals surface area contributed by atoms with Crippen molar-refractivity contribution in [2.24, 2.45) is 5.92 Å². The molecule has 1 nitrogen and oxygen atoms in total. The molecule has 0 saturated carbocycles. The van der Waals surface area contributed by atoms with Crippen LogP contribution in [0.1, 0.15) is 73.1 Å². The van der Waals surface area contributed by atoms with Crippen molar-refractivity contribution in [3.05, 3.63) is 0 Å². The first-order chi connectivity index (χ1) is 6.87. The van der Waals surface area contributed by atoms with Crippen LogP contribution >= 0.6 is 0 Å². The van der Waals surface area contributed by atoms with Crippen molar-refractivity contribution >= 4 is 0 Å². The lowest BCUT2D eigenvalue weighted by molar-refractivity contribution is 0.115. The molecule has 2 unspecified atom stereocenters. The van der Waals surface area contributed by atoms with E-state index in [9.17, 15) is 0 Å². The molecular weight excluding hydrogens is 182 g/mol. The summed E-state index contributed by atoms with van der Waals surface area (Å²) in [6.07, 6.45) is 8.09. The predicted octanol–water partition coefficient (Wildman–Crippen LogP) is 4.12. The van der Waals surface area contributed by atoms with Gasteiger partial charge in [0.15, 0.2) is 0 Å². The van der Waals surface area contributed by atoms with Crippen molar-refractivity contribution in [1.29, 1.82) is 0 Å². The maximum Gasteiger partial charge on any atom is 0.0160 e. The van der Waals surface area contributed by atoms with Crippen LogP contribution in [0.3, 0.4) is 0 Å². The van der Waals surface area contributed by atoms with Crippen LogP contribution in [0.15, 0.2) is 0 Å². The molecule has 0 aromatic heterocycles. The van der Waals surface area contributed by atoms with Crippen LogP contribution in [0.5, 0.6) is 0 Å². The third-order valence-electron chi connectivity index (χ3n) is 3.63. The Morgan fingerprint density at radius 1 is 1.13 bits per heavy atom. The summed E-state index contributed by atoms with van der Waals surface area (Å²) in [5, 5.41) is 3.86. The molecule has 0 spiro atoms. The molecule has 1 N–H and O–H groups in total. The molecule has 2 atom stereocenters. The minimum Gasteiger partial charge on any atom is -0.307 e. The molecule has 1 saturated heterocycles. The van der Waals surface area contributed by atoms with Crippen LogP contribution in [0, 0.1) is 5.92 Å². The molecular formula is C14H29N. The smallest absolute Gasteiger partial charge is 0.0160 e.